The van der Waals surface area contributed by atoms with Gasteiger partial charge in [-0.1, -0.05) is 11.6 Å². The smallest absolute Gasteiger partial charge is 0.273 e. The average Bonchev–Trinajstić information content (AvgIpc) is 3.00. The van der Waals surface area contributed by atoms with Crippen LogP contribution in [0.25, 0.3) is 0 Å². The quantitative estimate of drug-likeness (QED) is 0.859. The highest BCUT2D eigenvalue weighted by Crippen LogP contribution is 2.23. The number of hydrogen-bond acceptors (Lipinski definition) is 5. The summed E-state index contributed by atoms with van der Waals surface area (Å²) in [5.74, 6) is 0.653. The summed E-state index contributed by atoms with van der Waals surface area (Å²) in [7, 11) is 0. The molecular formula is C15H16ClN3O2S. The van der Waals surface area contributed by atoms with Gasteiger partial charge in [-0.05, 0) is 31.4 Å². The van der Waals surface area contributed by atoms with Crippen LogP contribution in [0.15, 0.2) is 29.9 Å². The van der Waals surface area contributed by atoms with E-state index in [9.17, 15) is 4.79 Å². The number of ether oxygens (including phenoxy) is 1. The van der Waals surface area contributed by atoms with Crippen LogP contribution < -0.4 is 4.74 Å². The maximum absolute atomic E-state index is 12.6. The summed E-state index contributed by atoms with van der Waals surface area (Å²) in [6, 6.07) is 3.75. The Morgan fingerprint density at radius 3 is 3.14 bits per heavy atom. The number of aromatic nitrogens is 2. The van der Waals surface area contributed by atoms with E-state index in [2.05, 4.69) is 9.97 Å². The van der Waals surface area contributed by atoms with Crippen molar-refractivity contribution in [1.29, 1.82) is 0 Å². The molecule has 3 heterocycles. The Kier molecular flexibility index (Phi) is 4.90. The molecule has 0 N–H and O–H groups in total. The van der Waals surface area contributed by atoms with Crippen molar-refractivity contribution in [1.82, 2.24) is 14.9 Å². The van der Waals surface area contributed by atoms with Crippen molar-refractivity contribution in [3.8, 4) is 5.75 Å². The molecule has 0 radical (unpaired) electrons. The number of pyridine rings is 1. The second-order valence-electron chi connectivity index (χ2n) is 5.13. The van der Waals surface area contributed by atoms with Crippen LogP contribution in [0.2, 0.25) is 4.47 Å². The van der Waals surface area contributed by atoms with E-state index in [1.165, 1.54) is 11.3 Å². The van der Waals surface area contributed by atoms with Crippen LogP contribution >= 0.6 is 22.9 Å². The number of rotatable bonds is 4. The van der Waals surface area contributed by atoms with E-state index >= 15 is 0 Å². The first-order chi connectivity index (χ1) is 10.7. The number of thiazole rings is 1. The largest absolute Gasteiger partial charge is 0.490 e. The molecule has 1 amide bonds. The van der Waals surface area contributed by atoms with Crippen molar-refractivity contribution in [3.63, 3.8) is 0 Å². The fourth-order valence-corrected chi connectivity index (χ4v) is 3.30. The third kappa shape index (κ3) is 3.56. The van der Waals surface area contributed by atoms with Gasteiger partial charge in [0.25, 0.3) is 5.91 Å². The molecule has 0 aliphatic carbocycles. The van der Waals surface area contributed by atoms with Gasteiger partial charge in [0.05, 0.1) is 12.2 Å². The number of carbonyl (C=O) groups excluding carboxylic acids is 1. The fraction of sp³-hybridized carbons (Fsp3) is 0.400. The first-order valence-corrected chi connectivity index (χ1v) is 8.44. The summed E-state index contributed by atoms with van der Waals surface area (Å²) in [5, 5.41) is 1.71. The van der Waals surface area contributed by atoms with Gasteiger partial charge in [0.2, 0.25) is 0 Å². The van der Waals surface area contributed by atoms with Crippen molar-refractivity contribution in [3.05, 3.63) is 40.1 Å². The van der Waals surface area contributed by atoms with Crippen molar-refractivity contribution < 1.29 is 9.53 Å². The van der Waals surface area contributed by atoms with Gasteiger partial charge in [0.15, 0.2) is 4.47 Å². The topological polar surface area (TPSA) is 55.3 Å². The Bertz CT molecular complexity index is 635. The number of hydrogen-bond donors (Lipinski definition) is 0. The molecule has 0 aromatic carbocycles. The molecule has 0 saturated carbocycles. The van der Waals surface area contributed by atoms with Gasteiger partial charge in [0, 0.05) is 18.1 Å². The Hall–Kier alpha value is -1.66. The molecule has 116 valence electrons. The molecular weight excluding hydrogens is 322 g/mol. The molecule has 1 fully saturated rings. The van der Waals surface area contributed by atoms with Crippen molar-refractivity contribution in [2.75, 3.05) is 13.2 Å². The lowest BCUT2D eigenvalue weighted by Crippen LogP contribution is -2.46. The lowest BCUT2D eigenvalue weighted by atomic mass is 10.0. The number of piperidine rings is 1. The summed E-state index contributed by atoms with van der Waals surface area (Å²) < 4.78 is 6.16. The van der Waals surface area contributed by atoms with Crippen LogP contribution in [0.5, 0.6) is 5.75 Å². The van der Waals surface area contributed by atoms with Crippen LogP contribution in [0.4, 0.5) is 0 Å². The Morgan fingerprint density at radius 2 is 2.41 bits per heavy atom. The van der Waals surface area contributed by atoms with Gasteiger partial charge in [-0.15, -0.1) is 11.3 Å². The summed E-state index contributed by atoms with van der Waals surface area (Å²) >= 11 is 7.10. The maximum Gasteiger partial charge on any atom is 0.273 e. The molecule has 1 unspecified atom stereocenters. The molecule has 2 aromatic rings. The van der Waals surface area contributed by atoms with Gasteiger partial charge >= 0.3 is 0 Å². The van der Waals surface area contributed by atoms with Gasteiger partial charge in [0.1, 0.15) is 18.1 Å². The molecule has 1 saturated heterocycles. The number of halogens is 1. The summed E-state index contributed by atoms with van der Waals surface area (Å²) in [6.07, 6.45) is 6.42. The van der Waals surface area contributed by atoms with Gasteiger partial charge in [-0.2, -0.15) is 0 Å². The van der Waals surface area contributed by atoms with E-state index in [0.717, 1.165) is 31.6 Å². The molecule has 2 aromatic heterocycles. The number of nitrogens with zero attached hydrogens (tertiary/aromatic N) is 3. The zero-order valence-corrected chi connectivity index (χ0v) is 13.5. The Labute approximate surface area is 137 Å². The normalized spacial score (nSPS) is 18.2. The molecule has 7 heteroatoms. The van der Waals surface area contributed by atoms with Gasteiger partial charge < -0.3 is 9.64 Å². The van der Waals surface area contributed by atoms with Crippen LogP contribution in [-0.4, -0.2) is 40.0 Å². The maximum atomic E-state index is 12.6. The van der Waals surface area contributed by atoms with Crippen LogP contribution in [0.3, 0.4) is 0 Å². The van der Waals surface area contributed by atoms with Crippen LogP contribution in [0.1, 0.15) is 29.8 Å². The van der Waals surface area contributed by atoms with E-state index in [1.807, 2.05) is 17.0 Å². The van der Waals surface area contributed by atoms with E-state index in [4.69, 9.17) is 16.3 Å². The van der Waals surface area contributed by atoms with Crippen molar-refractivity contribution >= 4 is 28.8 Å². The van der Waals surface area contributed by atoms with Crippen LogP contribution in [-0.2, 0) is 0 Å². The first kappa shape index (κ1) is 15.2. The van der Waals surface area contributed by atoms with Crippen molar-refractivity contribution in [2.45, 2.75) is 25.3 Å². The number of carbonyl (C=O) groups is 1. The minimum absolute atomic E-state index is 0.0573. The van der Waals surface area contributed by atoms with Crippen molar-refractivity contribution in [2.24, 2.45) is 0 Å². The zero-order valence-electron chi connectivity index (χ0n) is 11.9. The minimum Gasteiger partial charge on any atom is -0.490 e. The predicted molar refractivity (Wildman–Crippen MR) is 85.5 cm³/mol. The number of amides is 1. The van der Waals surface area contributed by atoms with Gasteiger partial charge in [-0.25, -0.2) is 4.98 Å². The highest BCUT2D eigenvalue weighted by atomic mass is 35.5. The standard InChI is InChI=1S/C15H16ClN3O2S/c16-15-18-13(10-22-15)14(20)19-7-2-1-4-11(19)9-21-12-5-3-6-17-8-12/h3,5-6,8,10-11H,1-2,4,7,9H2. The third-order valence-corrected chi connectivity index (χ3v) is 4.64. The molecule has 5 nitrogen and oxygen atoms in total. The molecule has 3 rings (SSSR count). The second-order valence-corrected chi connectivity index (χ2v) is 6.57. The highest BCUT2D eigenvalue weighted by Gasteiger charge is 2.29. The number of likely N-dealkylation sites (tertiary alicyclic amines) is 1. The van der Waals surface area contributed by atoms with Crippen LogP contribution in [0, 0.1) is 0 Å². The summed E-state index contributed by atoms with van der Waals surface area (Å²) in [6.45, 7) is 1.20. The minimum atomic E-state index is -0.0670. The fourth-order valence-electron chi connectivity index (χ4n) is 2.56. The average molecular weight is 338 g/mol. The molecule has 0 spiro atoms. The lowest BCUT2D eigenvalue weighted by molar-refractivity contribution is 0.0523. The summed E-state index contributed by atoms with van der Waals surface area (Å²) in [4.78, 5) is 22.5. The zero-order chi connectivity index (χ0) is 15.4. The SMILES string of the molecule is O=C(c1csc(Cl)n1)N1CCCCC1COc1cccnc1. The van der Waals surface area contributed by atoms with Gasteiger partial charge in [-0.3, -0.25) is 9.78 Å². The first-order valence-electron chi connectivity index (χ1n) is 7.19. The van der Waals surface area contributed by atoms with E-state index < -0.39 is 0 Å². The molecule has 0 bridgehead atoms. The lowest BCUT2D eigenvalue weighted by Gasteiger charge is -2.35. The predicted octanol–water partition coefficient (Wildman–Crippen LogP) is 3.27. The van der Waals surface area contributed by atoms with E-state index in [0.29, 0.717) is 16.8 Å². The van der Waals surface area contributed by atoms with E-state index in [1.54, 1.807) is 17.8 Å². The molecule has 1 aliphatic heterocycles. The Balaban J connectivity index is 1.67. The Morgan fingerprint density at radius 1 is 1.50 bits per heavy atom. The monoisotopic (exact) mass is 337 g/mol. The van der Waals surface area contributed by atoms with E-state index in [-0.39, 0.29) is 11.9 Å². The molecule has 1 aliphatic rings. The summed E-state index contributed by atoms with van der Waals surface area (Å²) in [5.41, 5.74) is 0.420. The third-order valence-electron chi connectivity index (χ3n) is 3.66. The second kappa shape index (κ2) is 7.07. The molecule has 22 heavy (non-hydrogen) atoms. The molecule has 1 atom stereocenters. The highest BCUT2D eigenvalue weighted by molar-refractivity contribution is 7.14.